The number of carbonyl (C=O) groups excluding carboxylic acids is 1. The summed E-state index contributed by atoms with van der Waals surface area (Å²) in [7, 11) is 1.60. The van der Waals surface area contributed by atoms with Crippen LogP contribution in [0, 0.1) is 5.92 Å². The van der Waals surface area contributed by atoms with Crippen LogP contribution < -0.4 is 10.9 Å². The van der Waals surface area contributed by atoms with Crippen molar-refractivity contribution in [2.75, 3.05) is 19.5 Å². The maximum Gasteiger partial charge on any atom is 0.254 e. The van der Waals surface area contributed by atoms with Crippen LogP contribution >= 0.6 is 11.8 Å². The Kier molecular flexibility index (Phi) is 5.52. The molecule has 0 aromatic carbocycles. The number of nitrogens with zero attached hydrogens (tertiary/aromatic N) is 2. The number of hydrogen-bond acceptors (Lipinski definition) is 5. The van der Waals surface area contributed by atoms with Gasteiger partial charge in [-0.3, -0.25) is 14.2 Å². The number of thioether (sulfide) groups is 1. The van der Waals surface area contributed by atoms with Crippen LogP contribution in [0.2, 0.25) is 0 Å². The van der Waals surface area contributed by atoms with Gasteiger partial charge in [-0.05, 0) is 6.92 Å². The van der Waals surface area contributed by atoms with E-state index in [0.717, 1.165) is 5.69 Å². The lowest BCUT2D eigenvalue weighted by atomic mass is 9.92. The summed E-state index contributed by atoms with van der Waals surface area (Å²) in [5.41, 5.74) is 0.534. The average Bonchev–Trinajstić information content (AvgIpc) is 2.46. The second-order valence-electron chi connectivity index (χ2n) is 7.00. The third-order valence-corrected chi connectivity index (χ3v) is 4.87. The molecule has 0 fully saturated rings. The molecule has 2 rings (SSSR count). The summed E-state index contributed by atoms with van der Waals surface area (Å²) in [4.78, 5) is 29.3. The van der Waals surface area contributed by atoms with Crippen molar-refractivity contribution in [3.63, 3.8) is 0 Å². The van der Waals surface area contributed by atoms with Crippen molar-refractivity contribution in [3.05, 3.63) is 22.1 Å². The van der Waals surface area contributed by atoms with Gasteiger partial charge in [-0.25, -0.2) is 4.98 Å². The molecule has 6 nitrogen and oxygen atoms in total. The summed E-state index contributed by atoms with van der Waals surface area (Å²) >= 11 is 1.47. The Bertz CT molecular complexity index is 636. The van der Waals surface area contributed by atoms with Crippen molar-refractivity contribution >= 4 is 17.7 Å². The largest absolute Gasteiger partial charge is 0.383 e. The number of fused-ring (bicyclic) bond motifs is 1. The van der Waals surface area contributed by atoms with Gasteiger partial charge in [-0.2, -0.15) is 0 Å². The van der Waals surface area contributed by atoms with Gasteiger partial charge < -0.3 is 10.1 Å². The number of carbonyl (C=O) groups is 1. The van der Waals surface area contributed by atoms with E-state index in [2.05, 4.69) is 10.3 Å². The number of rotatable bonds is 4. The minimum absolute atomic E-state index is 0.0421. The standard InChI is InChI=1S/C16H25N3O3S/c1-10(8-22-5)17-14(21)11-7-19-13(20)6-12(16(2,3)4)18-15(19)23-9-11/h6,10-11H,7-9H2,1-5H3,(H,17,21). The second kappa shape index (κ2) is 7.05. The molecule has 1 aromatic heterocycles. The zero-order valence-corrected chi connectivity index (χ0v) is 15.2. The van der Waals surface area contributed by atoms with E-state index in [-0.39, 0.29) is 28.8 Å². The van der Waals surface area contributed by atoms with Gasteiger partial charge in [0, 0.05) is 36.9 Å². The summed E-state index contributed by atoms with van der Waals surface area (Å²) in [6.07, 6.45) is 0. The van der Waals surface area contributed by atoms with E-state index >= 15 is 0 Å². The molecule has 1 N–H and O–H groups in total. The molecule has 2 unspecified atom stereocenters. The number of aromatic nitrogens is 2. The van der Waals surface area contributed by atoms with Crippen molar-refractivity contribution in [2.24, 2.45) is 5.92 Å². The molecule has 1 aliphatic heterocycles. The van der Waals surface area contributed by atoms with Gasteiger partial charge in [0.15, 0.2) is 5.16 Å². The van der Waals surface area contributed by atoms with Crippen LogP contribution in [0.5, 0.6) is 0 Å². The smallest absolute Gasteiger partial charge is 0.254 e. The highest BCUT2D eigenvalue weighted by Crippen LogP contribution is 2.28. The fourth-order valence-corrected chi connectivity index (χ4v) is 3.50. The van der Waals surface area contributed by atoms with Crippen LogP contribution in [0.3, 0.4) is 0 Å². The van der Waals surface area contributed by atoms with Gasteiger partial charge in [-0.15, -0.1) is 0 Å². The normalized spacial score (nSPS) is 19.1. The molecule has 1 amide bonds. The van der Waals surface area contributed by atoms with Gasteiger partial charge in [0.1, 0.15) is 0 Å². The van der Waals surface area contributed by atoms with Crippen LogP contribution in [0.25, 0.3) is 0 Å². The Morgan fingerprint density at radius 1 is 1.57 bits per heavy atom. The lowest BCUT2D eigenvalue weighted by molar-refractivity contribution is -0.125. The molecule has 1 aromatic rings. The highest BCUT2D eigenvalue weighted by molar-refractivity contribution is 7.99. The number of hydrogen-bond donors (Lipinski definition) is 1. The molecule has 2 atom stereocenters. The van der Waals surface area contributed by atoms with E-state index in [0.29, 0.717) is 24.1 Å². The molecule has 0 bridgehead atoms. The molecular formula is C16H25N3O3S. The molecule has 1 aliphatic rings. The maximum atomic E-state index is 12.4. The Labute approximate surface area is 141 Å². The first-order valence-corrected chi connectivity index (χ1v) is 8.75. The van der Waals surface area contributed by atoms with Crippen molar-refractivity contribution < 1.29 is 9.53 Å². The summed E-state index contributed by atoms with van der Waals surface area (Å²) < 4.78 is 6.63. The Hall–Kier alpha value is -1.34. The monoisotopic (exact) mass is 339 g/mol. The van der Waals surface area contributed by atoms with Gasteiger partial charge >= 0.3 is 0 Å². The predicted octanol–water partition coefficient (Wildman–Crippen LogP) is 1.41. The molecular weight excluding hydrogens is 314 g/mol. The highest BCUT2D eigenvalue weighted by Gasteiger charge is 2.29. The molecule has 23 heavy (non-hydrogen) atoms. The summed E-state index contributed by atoms with van der Waals surface area (Å²) in [5, 5.41) is 3.63. The first-order valence-electron chi connectivity index (χ1n) is 7.77. The quantitative estimate of drug-likeness (QED) is 0.840. The fourth-order valence-electron chi connectivity index (χ4n) is 2.41. The first kappa shape index (κ1) is 18.0. The first-order chi connectivity index (χ1) is 10.7. The number of ether oxygens (including phenoxy) is 1. The van der Waals surface area contributed by atoms with Gasteiger partial charge in [0.05, 0.1) is 18.2 Å². The zero-order chi connectivity index (χ0) is 17.2. The van der Waals surface area contributed by atoms with Crippen molar-refractivity contribution in [3.8, 4) is 0 Å². The Morgan fingerprint density at radius 3 is 2.87 bits per heavy atom. The SMILES string of the molecule is COCC(C)NC(=O)C1CSc2nc(C(C)(C)C)cc(=O)n2C1. The molecule has 0 saturated carbocycles. The summed E-state index contributed by atoms with van der Waals surface area (Å²) in [5.74, 6) is 0.359. The Morgan fingerprint density at radius 2 is 2.26 bits per heavy atom. The van der Waals surface area contributed by atoms with Crippen LogP contribution in [-0.2, 0) is 21.5 Å². The van der Waals surface area contributed by atoms with Gasteiger partial charge in [-0.1, -0.05) is 32.5 Å². The highest BCUT2D eigenvalue weighted by atomic mass is 32.2. The number of amides is 1. The number of nitrogens with one attached hydrogen (secondary N) is 1. The van der Waals surface area contributed by atoms with Crippen LogP contribution in [-0.4, -0.2) is 41.0 Å². The predicted molar refractivity (Wildman–Crippen MR) is 90.9 cm³/mol. The van der Waals surface area contributed by atoms with E-state index < -0.39 is 0 Å². The Balaban J connectivity index is 2.15. The average molecular weight is 339 g/mol. The topological polar surface area (TPSA) is 73.2 Å². The van der Waals surface area contributed by atoms with E-state index in [1.54, 1.807) is 17.7 Å². The lowest BCUT2D eigenvalue weighted by Crippen LogP contribution is -2.44. The van der Waals surface area contributed by atoms with E-state index in [1.165, 1.54) is 11.8 Å². The van der Waals surface area contributed by atoms with E-state index in [4.69, 9.17) is 4.74 Å². The summed E-state index contributed by atoms with van der Waals surface area (Å²) in [6.45, 7) is 8.85. The molecule has 0 saturated heterocycles. The van der Waals surface area contributed by atoms with E-state index in [9.17, 15) is 9.59 Å². The zero-order valence-electron chi connectivity index (χ0n) is 14.4. The van der Waals surface area contributed by atoms with Crippen molar-refractivity contribution in [1.82, 2.24) is 14.9 Å². The minimum atomic E-state index is -0.230. The minimum Gasteiger partial charge on any atom is -0.383 e. The van der Waals surface area contributed by atoms with Crippen LogP contribution in [0.4, 0.5) is 0 Å². The van der Waals surface area contributed by atoms with Crippen LogP contribution in [0.1, 0.15) is 33.4 Å². The molecule has 7 heteroatoms. The molecule has 0 radical (unpaired) electrons. The lowest BCUT2D eigenvalue weighted by Gasteiger charge is -2.27. The molecule has 0 spiro atoms. The fraction of sp³-hybridized carbons (Fsp3) is 0.688. The van der Waals surface area contributed by atoms with Gasteiger partial charge in [0.2, 0.25) is 5.91 Å². The molecule has 0 aliphatic carbocycles. The third kappa shape index (κ3) is 4.35. The number of methoxy groups -OCH3 is 1. The van der Waals surface area contributed by atoms with Crippen molar-refractivity contribution in [2.45, 2.75) is 50.9 Å². The molecule has 128 valence electrons. The molecule has 2 heterocycles. The van der Waals surface area contributed by atoms with E-state index in [1.807, 2.05) is 27.7 Å². The van der Waals surface area contributed by atoms with Gasteiger partial charge in [0.25, 0.3) is 5.56 Å². The maximum absolute atomic E-state index is 12.4. The van der Waals surface area contributed by atoms with Crippen molar-refractivity contribution in [1.29, 1.82) is 0 Å². The summed E-state index contributed by atoms with van der Waals surface area (Å²) in [6, 6.07) is 1.54. The second-order valence-corrected chi connectivity index (χ2v) is 7.98. The van der Waals surface area contributed by atoms with Crippen LogP contribution in [0.15, 0.2) is 16.0 Å². The third-order valence-electron chi connectivity index (χ3n) is 3.73.